The van der Waals surface area contributed by atoms with Gasteiger partial charge >= 0.3 is 0 Å². The second-order valence-electron chi connectivity index (χ2n) is 7.23. The molecule has 0 bridgehead atoms. The minimum atomic E-state index is -2.03. The van der Waals surface area contributed by atoms with E-state index in [1.54, 1.807) is 0 Å². The van der Waals surface area contributed by atoms with Crippen molar-refractivity contribution in [3.8, 4) is 0 Å². The maximum Gasteiger partial charge on any atom is 0.209 e. The Morgan fingerprint density at radius 3 is 2.69 bits per heavy atom. The van der Waals surface area contributed by atoms with Crippen LogP contribution in [-0.2, 0) is 9.53 Å². The molecule has 4 N–H and O–H groups in total. The fourth-order valence-corrected chi connectivity index (χ4v) is 3.22. The van der Waals surface area contributed by atoms with Gasteiger partial charge in [0.2, 0.25) is 5.78 Å². The molecule has 1 heterocycles. The molecule has 0 spiro atoms. The summed E-state index contributed by atoms with van der Waals surface area (Å²) < 4.78 is 5.40. The van der Waals surface area contributed by atoms with Crippen LogP contribution in [0.5, 0.6) is 0 Å². The SMILES string of the molecule is CC[C@H](C)[C@H](O)[C@](C)(O)/C=C/C1=CC2=C(Cl)C(=O)[C@](C)(O)[C@@H](O)C2=CO1. The molecule has 7 heteroatoms. The summed E-state index contributed by atoms with van der Waals surface area (Å²) in [6.45, 7) is 6.43. The van der Waals surface area contributed by atoms with Gasteiger partial charge in [-0.05, 0) is 38.0 Å². The highest BCUT2D eigenvalue weighted by Crippen LogP contribution is 2.39. The Morgan fingerprint density at radius 2 is 2.12 bits per heavy atom. The number of carbonyl (C=O) groups is 1. The van der Waals surface area contributed by atoms with Crippen LogP contribution in [0.3, 0.4) is 0 Å². The number of Topliss-reactive ketones (excluding diaryl/α,β-unsaturated/α-hetero) is 1. The molecule has 0 aromatic heterocycles. The van der Waals surface area contributed by atoms with E-state index in [0.29, 0.717) is 6.42 Å². The van der Waals surface area contributed by atoms with Crippen LogP contribution in [0.1, 0.15) is 34.1 Å². The van der Waals surface area contributed by atoms with Gasteiger partial charge in [0.15, 0.2) is 5.60 Å². The normalized spacial score (nSPS) is 31.0. The summed E-state index contributed by atoms with van der Waals surface area (Å²) in [6, 6.07) is 0. The molecule has 0 fully saturated rings. The number of hydrogen-bond acceptors (Lipinski definition) is 6. The molecule has 144 valence electrons. The van der Waals surface area contributed by atoms with Crippen LogP contribution in [-0.4, -0.2) is 49.6 Å². The van der Waals surface area contributed by atoms with E-state index in [0.717, 1.165) is 0 Å². The van der Waals surface area contributed by atoms with Crippen LogP contribution in [0.25, 0.3) is 0 Å². The highest BCUT2D eigenvalue weighted by Gasteiger charge is 2.48. The van der Waals surface area contributed by atoms with E-state index in [2.05, 4.69) is 0 Å². The molecule has 26 heavy (non-hydrogen) atoms. The van der Waals surface area contributed by atoms with Gasteiger partial charge in [0.1, 0.15) is 17.5 Å². The maximum absolute atomic E-state index is 12.1. The first-order chi connectivity index (χ1) is 11.9. The van der Waals surface area contributed by atoms with Crippen LogP contribution < -0.4 is 0 Å². The first-order valence-electron chi connectivity index (χ1n) is 8.47. The number of rotatable bonds is 5. The van der Waals surface area contributed by atoms with E-state index in [4.69, 9.17) is 16.3 Å². The number of fused-ring (bicyclic) bond motifs is 1. The zero-order valence-corrected chi connectivity index (χ0v) is 16.0. The topological polar surface area (TPSA) is 107 Å². The Bertz CT molecular complexity index is 714. The molecule has 0 saturated carbocycles. The van der Waals surface area contributed by atoms with Crippen molar-refractivity contribution in [3.05, 3.63) is 46.4 Å². The largest absolute Gasteiger partial charge is 0.465 e. The van der Waals surface area contributed by atoms with Crippen LogP contribution in [0.4, 0.5) is 0 Å². The summed E-state index contributed by atoms with van der Waals surface area (Å²) in [5, 5.41) is 40.8. The van der Waals surface area contributed by atoms with E-state index >= 15 is 0 Å². The van der Waals surface area contributed by atoms with Crippen molar-refractivity contribution >= 4 is 17.4 Å². The van der Waals surface area contributed by atoms with Gasteiger partial charge in [0.25, 0.3) is 0 Å². The van der Waals surface area contributed by atoms with Crippen molar-refractivity contribution < 1.29 is 30.0 Å². The standard InChI is InChI=1S/C19H25ClO6/c1-5-10(2)15(21)18(3,24)7-6-11-8-12-13(9-26-11)16(22)19(4,25)17(23)14(12)20/h6-10,15-16,21-22,24-25H,5H2,1-4H3/b7-6+/t10-,15-,16-,18+,19+/m0/s1. The molecular formula is C19H25ClO6. The minimum Gasteiger partial charge on any atom is -0.465 e. The summed E-state index contributed by atoms with van der Waals surface area (Å²) in [5.74, 6) is -0.618. The Hall–Kier alpha value is -1.44. The molecule has 0 aromatic carbocycles. The summed E-state index contributed by atoms with van der Waals surface area (Å²) in [4.78, 5) is 12.1. The van der Waals surface area contributed by atoms with Crippen LogP contribution >= 0.6 is 11.6 Å². The van der Waals surface area contributed by atoms with Gasteiger partial charge in [0.05, 0.1) is 17.4 Å². The molecular weight excluding hydrogens is 360 g/mol. The number of aliphatic hydroxyl groups excluding tert-OH is 2. The van der Waals surface area contributed by atoms with E-state index < -0.39 is 29.2 Å². The predicted octanol–water partition coefficient (Wildman–Crippen LogP) is 1.69. The second-order valence-corrected chi connectivity index (χ2v) is 7.61. The smallest absolute Gasteiger partial charge is 0.209 e. The first kappa shape index (κ1) is 20.9. The lowest BCUT2D eigenvalue weighted by atomic mass is 9.79. The molecule has 0 amide bonds. The van der Waals surface area contributed by atoms with E-state index in [1.807, 2.05) is 13.8 Å². The lowest BCUT2D eigenvalue weighted by Crippen LogP contribution is -2.51. The summed E-state index contributed by atoms with van der Waals surface area (Å²) >= 11 is 6.06. The number of hydrogen-bond donors (Lipinski definition) is 4. The average Bonchev–Trinajstić information content (AvgIpc) is 2.61. The van der Waals surface area contributed by atoms with Gasteiger partial charge in [-0.25, -0.2) is 0 Å². The Labute approximate surface area is 157 Å². The van der Waals surface area contributed by atoms with E-state index in [-0.39, 0.29) is 27.9 Å². The zero-order valence-electron chi connectivity index (χ0n) is 15.2. The summed E-state index contributed by atoms with van der Waals surface area (Å²) in [7, 11) is 0. The summed E-state index contributed by atoms with van der Waals surface area (Å²) in [5.41, 5.74) is -3.05. The van der Waals surface area contributed by atoms with Crippen molar-refractivity contribution in [3.63, 3.8) is 0 Å². The van der Waals surface area contributed by atoms with Crippen LogP contribution in [0.15, 0.2) is 46.4 Å². The third kappa shape index (κ3) is 3.66. The fourth-order valence-electron chi connectivity index (χ4n) is 2.86. The van der Waals surface area contributed by atoms with E-state index in [1.165, 1.54) is 38.3 Å². The van der Waals surface area contributed by atoms with Gasteiger partial charge in [-0.1, -0.05) is 31.9 Å². The third-order valence-corrected chi connectivity index (χ3v) is 5.38. The van der Waals surface area contributed by atoms with Crippen molar-refractivity contribution in [2.24, 2.45) is 5.92 Å². The highest BCUT2D eigenvalue weighted by molar-refractivity contribution is 6.45. The zero-order chi connectivity index (χ0) is 19.9. The van der Waals surface area contributed by atoms with Gasteiger partial charge in [0, 0.05) is 11.1 Å². The monoisotopic (exact) mass is 384 g/mol. The number of halogens is 1. The number of ketones is 1. The highest BCUT2D eigenvalue weighted by atomic mass is 35.5. The molecule has 0 radical (unpaired) electrons. The molecule has 0 unspecified atom stereocenters. The molecule has 2 aliphatic rings. The predicted molar refractivity (Wildman–Crippen MR) is 97.0 cm³/mol. The lowest BCUT2D eigenvalue weighted by molar-refractivity contribution is -0.140. The van der Waals surface area contributed by atoms with Gasteiger partial charge in [-0.3, -0.25) is 4.79 Å². The number of aliphatic hydroxyl groups is 4. The summed E-state index contributed by atoms with van der Waals surface area (Å²) in [6.07, 6.45) is 3.79. The van der Waals surface area contributed by atoms with Crippen LogP contribution in [0.2, 0.25) is 0 Å². The number of allylic oxidation sites excluding steroid dienone is 2. The molecule has 5 atom stereocenters. The van der Waals surface area contributed by atoms with Crippen molar-refractivity contribution in [2.75, 3.05) is 0 Å². The maximum atomic E-state index is 12.1. The van der Waals surface area contributed by atoms with E-state index in [9.17, 15) is 25.2 Å². The second kappa shape index (κ2) is 7.29. The van der Waals surface area contributed by atoms with Crippen molar-refractivity contribution in [1.29, 1.82) is 0 Å². The Morgan fingerprint density at radius 1 is 1.50 bits per heavy atom. The fraction of sp³-hybridized carbons (Fsp3) is 0.526. The lowest BCUT2D eigenvalue weighted by Gasteiger charge is -2.35. The molecule has 6 nitrogen and oxygen atoms in total. The van der Waals surface area contributed by atoms with Crippen molar-refractivity contribution in [2.45, 2.75) is 57.5 Å². The molecule has 0 aromatic rings. The number of carbonyl (C=O) groups excluding carboxylic acids is 1. The Kier molecular flexibility index (Phi) is 5.85. The first-order valence-corrected chi connectivity index (χ1v) is 8.84. The van der Waals surface area contributed by atoms with Crippen molar-refractivity contribution in [1.82, 2.24) is 0 Å². The van der Waals surface area contributed by atoms with Crippen LogP contribution in [0, 0.1) is 5.92 Å². The third-order valence-electron chi connectivity index (χ3n) is 5.01. The molecule has 1 aliphatic heterocycles. The Balaban J connectivity index is 2.31. The minimum absolute atomic E-state index is 0.104. The number of ether oxygens (including phenoxy) is 1. The molecule has 0 saturated heterocycles. The van der Waals surface area contributed by atoms with Gasteiger partial charge in [-0.15, -0.1) is 0 Å². The molecule has 2 rings (SSSR count). The van der Waals surface area contributed by atoms with Gasteiger partial charge < -0.3 is 25.2 Å². The van der Waals surface area contributed by atoms with Gasteiger partial charge in [-0.2, -0.15) is 0 Å². The molecule has 1 aliphatic carbocycles. The average molecular weight is 385 g/mol. The quantitative estimate of drug-likeness (QED) is 0.574.